The van der Waals surface area contributed by atoms with E-state index in [1.165, 1.54) is 0 Å². The van der Waals surface area contributed by atoms with Gasteiger partial charge >= 0.3 is 0 Å². The first kappa shape index (κ1) is 17.1. The van der Waals surface area contributed by atoms with Crippen molar-refractivity contribution in [2.45, 2.75) is 25.4 Å². The lowest BCUT2D eigenvalue weighted by Gasteiger charge is -2.23. The molecular weight excluding hydrogens is 324 g/mol. The molecule has 1 unspecified atom stereocenters. The molecule has 0 aliphatic carbocycles. The first-order valence-corrected chi connectivity index (χ1v) is 8.66. The summed E-state index contributed by atoms with van der Waals surface area (Å²) in [5.41, 5.74) is 2.78. The van der Waals surface area contributed by atoms with E-state index in [2.05, 4.69) is 16.4 Å². The largest absolute Gasteiger partial charge is 0.369 e. The number of halogens is 1. The van der Waals surface area contributed by atoms with Crippen LogP contribution in [0.4, 0.5) is 0 Å². The van der Waals surface area contributed by atoms with Crippen molar-refractivity contribution in [2.24, 2.45) is 0 Å². The summed E-state index contributed by atoms with van der Waals surface area (Å²) in [6, 6.07) is 11.2. The highest BCUT2D eigenvalue weighted by Crippen LogP contribution is 2.18. The average Bonchev–Trinajstić information content (AvgIpc) is 2.63. The third-order valence-electron chi connectivity index (χ3n) is 4.12. The van der Waals surface area contributed by atoms with Crippen LogP contribution in [0.15, 0.2) is 42.6 Å². The molecule has 1 N–H and O–H groups in total. The number of nitrogens with one attached hydrogen (secondary N) is 1. The van der Waals surface area contributed by atoms with Gasteiger partial charge in [0.2, 0.25) is 0 Å². The first-order valence-electron chi connectivity index (χ1n) is 8.28. The third kappa shape index (κ3) is 4.63. The Morgan fingerprint density at radius 3 is 2.96 bits per heavy atom. The van der Waals surface area contributed by atoms with Crippen molar-refractivity contribution in [1.82, 2.24) is 10.3 Å². The first-order chi connectivity index (χ1) is 11.7. The zero-order chi connectivity index (χ0) is 16.8. The summed E-state index contributed by atoms with van der Waals surface area (Å²) in [6.45, 7) is 2.43. The van der Waals surface area contributed by atoms with Gasteiger partial charge < -0.3 is 10.1 Å². The second kappa shape index (κ2) is 8.38. The van der Waals surface area contributed by atoms with Gasteiger partial charge in [0.1, 0.15) is 6.10 Å². The van der Waals surface area contributed by atoms with Gasteiger partial charge in [-0.05, 0) is 36.6 Å². The van der Waals surface area contributed by atoms with Crippen LogP contribution in [0.1, 0.15) is 40.6 Å². The highest BCUT2D eigenvalue weighted by molar-refractivity contribution is 6.31. The van der Waals surface area contributed by atoms with E-state index in [-0.39, 0.29) is 11.9 Å². The van der Waals surface area contributed by atoms with E-state index < -0.39 is 0 Å². The van der Waals surface area contributed by atoms with Crippen molar-refractivity contribution < 1.29 is 9.53 Å². The minimum atomic E-state index is 0.0391. The van der Waals surface area contributed by atoms with Gasteiger partial charge in [-0.1, -0.05) is 29.8 Å². The summed E-state index contributed by atoms with van der Waals surface area (Å²) in [7, 11) is 0. The van der Waals surface area contributed by atoms with E-state index in [0.717, 1.165) is 43.8 Å². The molecule has 1 atom stereocenters. The van der Waals surface area contributed by atoms with Gasteiger partial charge in [-0.25, -0.2) is 0 Å². The minimum absolute atomic E-state index is 0.0391. The lowest BCUT2D eigenvalue weighted by atomic mass is 10.0. The summed E-state index contributed by atoms with van der Waals surface area (Å²) < 4.78 is 5.69. The molecule has 0 saturated carbocycles. The molecule has 2 heterocycles. The molecule has 0 radical (unpaired) electrons. The summed E-state index contributed by atoms with van der Waals surface area (Å²) >= 11 is 5.92. The van der Waals surface area contributed by atoms with Crippen molar-refractivity contribution in [3.05, 3.63) is 64.4 Å². The molecule has 1 aromatic heterocycles. The van der Waals surface area contributed by atoms with Gasteiger partial charge in [0.05, 0.1) is 12.3 Å². The van der Waals surface area contributed by atoms with Crippen molar-refractivity contribution in [3.8, 4) is 0 Å². The Labute approximate surface area is 147 Å². The number of benzene rings is 1. The van der Waals surface area contributed by atoms with Crippen LogP contribution in [-0.4, -0.2) is 30.5 Å². The van der Waals surface area contributed by atoms with Crippen LogP contribution in [0.5, 0.6) is 0 Å². The van der Waals surface area contributed by atoms with Crippen LogP contribution in [0.25, 0.3) is 0 Å². The Morgan fingerprint density at radius 2 is 2.25 bits per heavy atom. The van der Waals surface area contributed by atoms with E-state index in [9.17, 15) is 4.79 Å². The van der Waals surface area contributed by atoms with Crippen LogP contribution >= 0.6 is 11.6 Å². The smallest absolute Gasteiger partial charge is 0.162 e. The maximum absolute atomic E-state index is 12.1. The average molecular weight is 345 g/mol. The van der Waals surface area contributed by atoms with E-state index in [1.54, 1.807) is 18.2 Å². The van der Waals surface area contributed by atoms with Crippen molar-refractivity contribution in [1.29, 1.82) is 0 Å². The van der Waals surface area contributed by atoms with Gasteiger partial charge in [-0.15, -0.1) is 0 Å². The van der Waals surface area contributed by atoms with Crippen LogP contribution in [-0.2, 0) is 11.2 Å². The molecule has 4 nitrogen and oxygen atoms in total. The maximum Gasteiger partial charge on any atom is 0.162 e. The quantitative estimate of drug-likeness (QED) is 0.813. The van der Waals surface area contributed by atoms with Crippen LogP contribution in [0.3, 0.4) is 0 Å². The van der Waals surface area contributed by atoms with E-state index in [4.69, 9.17) is 16.3 Å². The summed E-state index contributed by atoms with van der Waals surface area (Å²) in [4.78, 5) is 16.7. The van der Waals surface area contributed by atoms with E-state index in [0.29, 0.717) is 17.0 Å². The number of aryl methyl sites for hydroxylation is 1. The zero-order valence-corrected chi connectivity index (χ0v) is 14.3. The molecular formula is C19H21ClN2O2. The molecule has 5 heteroatoms. The molecule has 1 fully saturated rings. The molecule has 0 spiro atoms. The fraction of sp³-hybridized carbons (Fsp3) is 0.368. The Balaban J connectivity index is 1.49. The molecule has 0 bridgehead atoms. The molecule has 3 rings (SSSR count). The van der Waals surface area contributed by atoms with Crippen molar-refractivity contribution >= 4 is 17.4 Å². The lowest BCUT2D eigenvalue weighted by Crippen LogP contribution is -2.33. The minimum Gasteiger partial charge on any atom is -0.369 e. The van der Waals surface area contributed by atoms with Gasteiger partial charge in [0.25, 0.3) is 0 Å². The van der Waals surface area contributed by atoms with Crippen molar-refractivity contribution in [3.63, 3.8) is 0 Å². The summed E-state index contributed by atoms with van der Waals surface area (Å²) in [5, 5.41) is 3.90. The molecule has 1 aliphatic rings. The Bertz CT molecular complexity index is 682. The van der Waals surface area contributed by atoms with Crippen LogP contribution < -0.4 is 5.32 Å². The number of aromatic nitrogens is 1. The second-order valence-corrected chi connectivity index (χ2v) is 6.38. The number of carbonyl (C=O) groups is 1. The summed E-state index contributed by atoms with van der Waals surface area (Å²) in [5.74, 6) is 0.128. The van der Waals surface area contributed by atoms with Gasteiger partial charge in [-0.2, -0.15) is 0 Å². The molecule has 24 heavy (non-hydrogen) atoms. The molecule has 126 valence electrons. The van der Waals surface area contributed by atoms with Gasteiger partial charge in [0.15, 0.2) is 5.78 Å². The standard InChI is InChI=1S/C19H21ClN2O2/c20-16-5-2-4-15(11-16)18(23)6-1-3-14-7-8-17(22-12-14)19-13-21-9-10-24-19/h2,4-5,7-8,11-12,19,21H,1,3,6,9-10,13H2. The number of hydrogen-bond donors (Lipinski definition) is 1. The predicted octanol–water partition coefficient (Wildman–Crippen LogP) is 3.60. The number of Topliss-reactive ketones (excluding diaryl/α,β-unsaturated/α-hetero) is 1. The molecule has 1 saturated heterocycles. The maximum atomic E-state index is 12.1. The van der Waals surface area contributed by atoms with Gasteiger partial charge in [0, 0.05) is 36.3 Å². The topological polar surface area (TPSA) is 51.2 Å². The number of ketones is 1. The normalized spacial score (nSPS) is 17.6. The van der Waals surface area contributed by atoms with E-state index in [1.807, 2.05) is 18.3 Å². The Morgan fingerprint density at radius 1 is 1.33 bits per heavy atom. The molecule has 0 amide bonds. The lowest BCUT2D eigenvalue weighted by molar-refractivity contribution is 0.0250. The Kier molecular flexibility index (Phi) is 5.96. The number of carbonyl (C=O) groups excluding carboxylic acids is 1. The second-order valence-electron chi connectivity index (χ2n) is 5.94. The number of ether oxygens (including phenoxy) is 1. The number of nitrogens with zero attached hydrogens (tertiary/aromatic N) is 1. The summed E-state index contributed by atoms with van der Waals surface area (Å²) in [6.07, 6.45) is 4.07. The Hall–Kier alpha value is -1.75. The third-order valence-corrected chi connectivity index (χ3v) is 4.36. The van der Waals surface area contributed by atoms with E-state index >= 15 is 0 Å². The highest BCUT2D eigenvalue weighted by atomic mass is 35.5. The predicted molar refractivity (Wildman–Crippen MR) is 94.5 cm³/mol. The fourth-order valence-corrected chi connectivity index (χ4v) is 2.98. The van der Waals surface area contributed by atoms with Crippen LogP contribution in [0, 0.1) is 0 Å². The molecule has 2 aromatic rings. The number of morpholine rings is 1. The fourth-order valence-electron chi connectivity index (χ4n) is 2.79. The van der Waals surface area contributed by atoms with Crippen LogP contribution in [0.2, 0.25) is 5.02 Å². The number of hydrogen-bond acceptors (Lipinski definition) is 4. The molecule has 1 aromatic carbocycles. The molecule has 1 aliphatic heterocycles. The SMILES string of the molecule is O=C(CCCc1ccc(C2CNCCO2)nc1)c1cccc(Cl)c1. The highest BCUT2D eigenvalue weighted by Gasteiger charge is 2.16. The van der Waals surface area contributed by atoms with Gasteiger partial charge in [-0.3, -0.25) is 9.78 Å². The zero-order valence-electron chi connectivity index (χ0n) is 13.5. The number of pyridine rings is 1. The van der Waals surface area contributed by atoms with Crippen molar-refractivity contribution in [2.75, 3.05) is 19.7 Å². The number of rotatable bonds is 6. The monoisotopic (exact) mass is 344 g/mol.